The van der Waals surface area contributed by atoms with Gasteiger partial charge in [0.2, 0.25) is 5.91 Å². The van der Waals surface area contributed by atoms with Gasteiger partial charge >= 0.3 is 5.97 Å². The molecule has 0 bridgehead atoms. The summed E-state index contributed by atoms with van der Waals surface area (Å²) < 4.78 is 0. The molecule has 1 atom stereocenters. The summed E-state index contributed by atoms with van der Waals surface area (Å²) in [5.41, 5.74) is 8.65. The van der Waals surface area contributed by atoms with Crippen LogP contribution in [0.15, 0.2) is 18.2 Å². The highest BCUT2D eigenvalue weighted by Crippen LogP contribution is 2.22. The average molecular weight is 278 g/mol. The second-order valence-corrected chi connectivity index (χ2v) is 4.69. The first-order valence-corrected chi connectivity index (χ1v) is 6.88. The van der Waals surface area contributed by atoms with Gasteiger partial charge in [-0.2, -0.15) is 0 Å². The molecule has 110 valence electrons. The molecule has 0 spiro atoms. The molecular formula is C15H22N2O3. The Morgan fingerprint density at radius 1 is 1.25 bits per heavy atom. The summed E-state index contributed by atoms with van der Waals surface area (Å²) in [7, 11) is 0. The Morgan fingerprint density at radius 3 is 2.25 bits per heavy atom. The number of para-hydroxylation sites is 1. The standard InChI is InChI=1S/C15H22N2O3/c1-3-10-6-5-7-11(4-2)14(10)17-15(20)12(16)8-9-13(18)19/h5-7,12H,3-4,8-9,16H2,1-2H3,(H,17,20)(H,18,19). The molecule has 0 heterocycles. The van der Waals surface area contributed by atoms with E-state index in [0.717, 1.165) is 29.7 Å². The molecule has 0 aliphatic carbocycles. The summed E-state index contributed by atoms with van der Waals surface area (Å²) in [5, 5.41) is 11.5. The molecule has 1 aromatic rings. The molecular weight excluding hydrogens is 256 g/mol. The van der Waals surface area contributed by atoms with Crippen LogP contribution < -0.4 is 11.1 Å². The minimum absolute atomic E-state index is 0.107. The molecule has 0 aliphatic rings. The van der Waals surface area contributed by atoms with Crippen molar-refractivity contribution in [3.05, 3.63) is 29.3 Å². The van der Waals surface area contributed by atoms with Crippen molar-refractivity contribution < 1.29 is 14.7 Å². The van der Waals surface area contributed by atoms with Gasteiger partial charge in [0.15, 0.2) is 0 Å². The number of carbonyl (C=O) groups is 2. The summed E-state index contributed by atoms with van der Waals surface area (Å²) in [6.07, 6.45) is 1.66. The second-order valence-electron chi connectivity index (χ2n) is 4.69. The number of hydrogen-bond donors (Lipinski definition) is 3. The zero-order valence-corrected chi connectivity index (χ0v) is 12.0. The number of carboxylic acid groups (broad SMARTS) is 1. The van der Waals surface area contributed by atoms with Crippen molar-refractivity contribution in [3.63, 3.8) is 0 Å². The number of nitrogens with one attached hydrogen (secondary N) is 1. The summed E-state index contributed by atoms with van der Waals surface area (Å²) in [6.45, 7) is 4.05. The highest BCUT2D eigenvalue weighted by molar-refractivity contribution is 5.96. The number of aliphatic carboxylic acids is 1. The minimum Gasteiger partial charge on any atom is -0.481 e. The van der Waals surface area contributed by atoms with Crippen LogP contribution in [0.2, 0.25) is 0 Å². The van der Waals surface area contributed by atoms with Crippen LogP contribution in [0.3, 0.4) is 0 Å². The van der Waals surface area contributed by atoms with Crippen LogP contribution in [0, 0.1) is 0 Å². The van der Waals surface area contributed by atoms with Crippen molar-refractivity contribution in [2.24, 2.45) is 5.73 Å². The van der Waals surface area contributed by atoms with Crippen LogP contribution in [0.4, 0.5) is 5.69 Å². The van der Waals surface area contributed by atoms with E-state index < -0.39 is 12.0 Å². The van der Waals surface area contributed by atoms with Gasteiger partial charge in [-0.25, -0.2) is 0 Å². The summed E-state index contributed by atoms with van der Waals surface area (Å²) in [5.74, 6) is -1.28. The normalized spacial score (nSPS) is 11.9. The van der Waals surface area contributed by atoms with Gasteiger partial charge in [0.05, 0.1) is 6.04 Å². The lowest BCUT2D eigenvalue weighted by Crippen LogP contribution is -2.36. The fraction of sp³-hybridized carbons (Fsp3) is 0.467. The fourth-order valence-electron chi connectivity index (χ4n) is 2.03. The van der Waals surface area contributed by atoms with Crippen molar-refractivity contribution in [3.8, 4) is 0 Å². The van der Waals surface area contributed by atoms with Gasteiger partial charge < -0.3 is 16.2 Å². The lowest BCUT2D eigenvalue weighted by Gasteiger charge is -2.17. The van der Waals surface area contributed by atoms with Crippen LogP contribution in [-0.2, 0) is 22.4 Å². The van der Waals surface area contributed by atoms with E-state index >= 15 is 0 Å². The predicted octanol–water partition coefficient (Wildman–Crippen LogP) is 1.94. The van der Waals surface area contributed by atoms with Crippen molar-refractivity contribution in [1.29, 1.82) is 0 Å². The Bertz CT molecular complexity index is 464. The first kappa shape index (κ1) is 16.2. The van der Waals surface area contributed by atoms with Crippen LogP contribution in [0.25, 0.3) is 0 Å². The van der Waals surface area contributed by atoms with E-state index in [0.29, 0.717) is 0 Å². The van der Waals surface area contributed by atoms with E-state index in [1.807, 2.05) is 32.0 Å². The fourth-order valence-corrected chi connectivity index (χ4v) is 2.03. The zero-order chi connectivity index (χ0) is 15.1. The van der Waals surface area contributed by atoms with Crippen LogP contribution >= 0.6 is 0 Å². The second kappa shape index (κ2) is 7.65. The molecule has 4 N–H and O–H groups in total. The summed E-state index contributed by atoms with van der Waals surface area (Å²) in [6, 6.07) is 5.10. The number of carbonyl (C=O) groups excluding carboxylic acids is 1. The molecule has 0 saturated carbocycles. The van der Waals surface area contributed by atoms with Crippen LogP contribution in [0.5, 0.6) is 0 Å². The lowest BCUT2D eigenvalue weighted by molar-refractivity contribution is -0.137. The van der Waals surface area contributed by atoms with Crippen molar-refractivity contribution in [2.45, 2.75) is 45.6 Å². The van der Waals surface area contributed by atoms with E-state index in [9.17, 15) is 9.59 Å². The van der Waals surface area contributed by atoms with Gasteiger partial charge in [-0.15, -0.1) is 0 Å². The molecule has 20 heavy (non-hydrogen) atoms. The molecule has 5 nitrogen and oxygen atoms in total. The first-order chi connectivity index (χ1) is 9.49. The summed E-state index contributed by atoms with van der Waals surface area (Å²) in [4.78, 5) is 22.5. The van der Waals surface area contributed by atoms with Gasteiger partial charge in [0, 0.05) is 12.1 Å². The number of carboxylic acids is 1. The van der Waals surface area contributed by atoms with Gasteiger partial charge in [-0.05, 0) is 30.4 Å². The monoisotopic (exact) mass is 278 g/mol. The van der Waals surface area contributed by atoms with E-state index in [1.165, 1.54) is 0 Å². The average Bonchev–Trinajstić information content (AvgIpc) is 2.44. The number of hydrogen-bond acceptors (Lipinski definition) is 3. The van der Waals surface area contributed by atoms with E-state index in [2.05, 4.69) is 5.32 Å². The molecule has 0 radical (unpaired) electrons. The SMILES string of the molecule is CCc1cccc(CC)c1NC(=O)C(N)CCC(=O)O. The van der Waals surface area contributed by atoms with E-state index in [1.54, 1.807) is 0 Å². The first-order valence-electron chi connectivity index (χ1n) is 6.88. The molecule has 0 aromatic heterocycles. The highest BCUT2D eigenvalue weighted by Gasteiger charge is 2.17. The van der Waals surface area contributed by atoms with Gasteiger partial charge in [0.1, 0.15) is 0 Å². The molecule has 5 heteroatoms. The lowest BCUT2D eigenvalue weighted by atomic mass is 10.0. The number of rotatable bonds is 7. The number of aryl methyl sites for hydroxylation is 2. The molecule has 0 saturated heterocycles. The molecule has 1 aromatic carbocycles. The molecule has 1 rings (SSSR count). The Hall–Kier alpha value is -1.88. The van der Waals surface area contributed by atoms with Gasteiger partial charge in [-0.3, -0.25) is 9.59 Å². The third-order valence-electron chi connectivity index (χ3n) is 3.25. The number of anilines is 1. The van der Waals surface area contributed by atoms with Crippen molar-refractivity contribution in [2.75, 3.05) is 5.32 Å². The van der Waals surface area contributed by atoms with Gasteiger partial charge in [-0.1, -0.05) is 32.0 Å². The van der Waals surface area contributed by atoms with E-state index in [-0.39, 0.29) is 18.7 Å². The van der Waals surface area contributed by atoms with Gasteiger partial charge in [0.25, 0.3) is 0 Å². The number of nitrogens with two attached hydrogens (primary N) is 1. The molecule has 0 aliphatic heterocycles. The number of benzene rings is 1. The van der Waals surface area contributed by atoms with Crippen molar-refractivity contribution >= 4 is 17.6 Å². The minimum atomic E-state index is -0.948. The highest BCUT2D eigenvalue weighted by atomic mass is 16.4. The maximum atomic E-state index is 12.0. The Balaban J connectivity index is 2.81. The molecule has 0 fully saturated rings. The van der Waals surface area contributed by atoms with Crippen LogP contribution in [0.1, 0.15) is 37.8 Å². The van der Waals surface area contributed by atoms with Crippen LogP contribution in [-0.4, -0.2) is 23.0 Å². The Labute approximate surface area is 119 Å². The largest absolute Gasteiger partial charge is 0.481 e. The Kier molecular flexibility index (Phi) is 6.18. The topological polar surface area (TPSA) is 92.4 Å². The third-order valence-corrected chi connectivity index (χ3v) is 3.25. The van der Waals surface area contributed by atoms with E-state index in [4.69, 9.17) is 10.8 Å². The number of amides is 1. The smallest absolute Gasteiger partial charge is 0.303 e. The van der Waals surface area contributed by atoms with Crippen molar-refractivity contribution in [1.82, 2.24) is 0 Å². The third kappa shape index (κ3) is 4.35. The Morgan fingerprint density at radius 2 is 1.80 bits per heavy atom. The quantitative estimate of drug-likeness (QED) is 0.710. The zero-order valence-electron chi connectivity index (χ0n) is 12.0. The predicted molar refractivity (Wildman–Crippen MR) is 78.7 cm³/mol. The maximum absolute atomic E-state index is 12.0. The molecule has 1 amide bonds. The summed E-state index contributed by atoms with van der Waals surface area (Å²) >= 11 is 0. The maximum Gasteiger partial charge on any atom is 0.303 e. The molecule has 1 unspecified atom stereocenters.